The summed E-state index contributed by atoms with van der Waals surface area (Å²) in [6.45, 7) is 2.03. The van der Waals surface area contributed by atoms with Gasteiger partial charge in [0.2, 0.25) is 0 Å². The molecular formula is C14H23BFNO2. The lowest BCUT2D eigenvalue weighted by Crippen LogP contribution is -2.41. The van der Waals surface area contributed by atoms with Crippen LogP contribution in [0.2, 0.25) is 6.32 Å². The predicted molar refractivity (Wildman–Crippen MR) is 76.2 cm³/mol. The van der Waals surface area contributed by atoms with Gasteiger partial charge in [-0.2, -0.15) is 0 Å². The minimum atomic E-state index is -1.24. The van der Waals surface area contributed by atoms with Crippen LogP contribution < -0.4 is 5.73 Å². The van der Waals surface area contributed by atoms with Gasteiger partial charge in [0.25, 0.3) is 0 Å². The van der Waals surface area contributed by atoms with Crippen molar-refractivity contribution in [2.75, 3.05) is 0 Å². The first-order chi connectivity index (χ1) is 8.95. The summed E-state index contributed by atoms with van der Waals surface area (Å²) in [5.41, 5.74) is 6.90. The van der Waals surface area contributed by atoms with Gasteiger partial charge in [0, 0.05) is 5.54 Å². The van der Waals surface area contributed by atoms with E-state index in [9.17, 15) is 4.39 Å². The Morgan fingerprint density at radius 3 is 2.63 bits per heavy atom. The molecule has 0 saturated heterocycles. The van der Waals surface area contributed by atoms with Crippen LogP contribution in [-0.4, -0.2) is 22.7 Å². The van der Waals surface area contributed by atoms with Crippen molar-refractivity contribution < 1.29 is 14.4 Å². The largest absolute Gasteiger partial charge is 0.451 e. The summed E-state index contributed by atoms with van der Waals surface area (Å²) in [6, 6.07) is 6.53. The Labute approximate surface area is 114 Å². The normalized spacial score (nSPS) is 14.2. The molecule has 106 valence electrons. The van der Waals surface area contributed by atoms with Gasteiger partial charge >= 0.3 is 7.12 Å². The molecule has 0 bridgehead atoms. The lowest BCUT2D eigenvalue weighted by molar-refractivity contribution is 0.357. The van der Waals surface area contributed by atoms with Crippen LogP contribution in [0.25, 0.3) is 0 Å². The van der Waals surface area contributed by atoms with Gasteiger partial charge in [-0.25, -0.2) is 4.39 Å². The molecule has 0 heterocycles. The Morgan fingerprint density at radius 2 is 2.05 bits per heavy atom. The Balaban J connectivity index is 2.50. The highest BCUT2D eigenvalue weighted by Crippen LogP contribution is 2.22. The van der Waals surface area contributed by atoms with Crippen LogP contribution in [0.1, 0.15) is 38.2 Å². The molecule has 1 atom stereocenters. The van der Waals surface area contributed by atoms with Gasteiger partial charge in [-0.05, 0) is 43.3 Å². The second-order valence-corrected chi connectivity index (χ2v) is 5.25. The van der Waals surface area contributed by atoms with Gasteiger partial charge < -0.3 is 15.8 Å². The SMILES string of the molecule is CCC(N)(CCCCB(O)O)Cc1cccc(F)c1. The van der Waals surface area contributed by atoms with Crippen LogP contribution in [0.15, 0.2) is 24.3 Å². The number of hydrogen-bond acceptors (Lipinski definition) is 3. The molecule has 1 unspecified atom stereocenters. The third kappa shape index (κ3) is 6.19. The Hall–Kier alpha value is -0.905. The molecule has 0 aromatic heterocycles. The maximum atomic E-state index is 13.1. The van der Waals surface area contributed by atoms with E-state index in [-0.39, 0.29) is 11.4 Å². The van der Waals surface area contributed by atoms with Crippen molar-refractivity contribution >= 4 is 7.12 Å². The molecule has 0 aliphatic carbocycles. The van der Waals surface area contributed by atoms with E-state index in [0.29, 0.717) is 12.7 Å². The van der Waals surface area contributed by atoms with Gasteiger partial charge in [0.15, 0.2) is 0 Å². The minimum Gasteiger partial charge on any atom is -0.427 e. The molecule has 1 aromatic carbocycles. The lowest BCUT2D eigenvalue weighted by atomic mass is 9.80. The van der Waals surface area contributed by atoms with Crippen molar-refractivity contribution in [2.45, 2.75) is 50.9 Å². The number of benzene rings is 1. The van der Waals surface area contributed by atoms with Crippen LogP contribution >= 0.6 is 0 Å². The second kappa shape index (κ2) is 7.63. The van der Waals surface area contributed by atoms with Crippen LogP contribution in [0.5, 0.6) is 0 Å². The Kier molecular flexibility index (Phi) is 6.48. The maximum absolute atomic E-state index is 13.1. The van der Waals surface area contributed by atoms with E-state index < -0.39 is 7.12 Å². The maximum Gasteiger partial charge on any atom is 0.451 e. The molecule has 5 heteroatoms. The first-order valence-electron chi connectivity index (χ1n) is 6.84. The average molecular weight is 267 g/mol. The molecule has 0 radical (unpaired) electrons. The highest BCUT2D eigenvalue weighted by atomic mass is 19.1. The fraction of sp³-hybridized carbons (Fsp3) is 0.571. The van der Waals surface area contributed by atoms with Crippen molar-refractivity contribution in [3.05, 3.63) is 35.6 Å². The van der Waals surface area contributed by atoms with Crippen molar-refractivity contribution in [1.29, 1.82) is 0 Å². The number of rotatable bonds is 8. The summed E-state index contributed by atoms with van der Waals surface area (Å²) < 4.78 is 13.1. The molecule has 0 amide bonds. The van der Waals surface area contributed by atoms with Crippen molar-refractivity contribution in [1.82, 2.24) is 0 Å². The van der Waals surface area contributed by atoms with Gasteiger partial charge in [-0.1, -0.05) is 31.9 Å². The van der Waals surface area contributed by atoms with E-state index in [0.717, 1.165) is 31.2 Å². The molecule has 19 heavy (non-hydrogen) atoms. The van der Waals surface area contributed by atoms with E-state index in [1.54, 1.807) is 6.07 Å². The van der Waals surface area contributed by atoms with Gasteiger partial charge in [-0.15, -0.1) is 0 Å². The zero-order valence-corrected chi connectivity index (χ0v) is 11.5. The quantitative estimate of drug-likeness (QED) is 0.499. The fourth-order valence-electron chi connectivity index (χ4n) is 2.25. The summed E-state index contributed by atoms with van der Waals surface area (Å²) in [5, 5.41) is 17.6. The summed E-state index contributed by atoms with van der Waals surface area (Å²) in [4.78, 5) is 0. The van der Waals surface area contributed by atoms with E-state index >= 15 is 0 Å². The van der Waals surface area contributed by atoms with Gasteiger partial charge in [0.05, 0.1) is 0 Å². The van der Waals surface area contributed by atoms with Gasteiger partial charge in [-0.3, -0.25) is 0 Å². The van der Waals surface area contributed by atoms with Crippen LogP contribution in [-0.2, 0) is 6.42 Å². The summed E-state index contributed by atoms with van der Waals surface area (Å²) in [7, 11) is -1.24. The monoisotopic (exact) mass is 267 g/mol. The number of unbranched alkanes of at least 4 members (excludes halogenated alkanes) is 1. The molecule has 4 N–H and O–H groups in total. The molecule has 0 aliphatic rings. The lowest BCUT2D eigenvalue weighted by Gasteiger charge is -2.28. The molecule has 0 aliphatic heterocycles. The molecule has 3 nitrogen and oxygen atoms in total. The Bertz CT molecular complexity index is 389. The van der Waals surface area contributed by atoms with E-state index in [1.807, 2.05) is 13.0 Å². The van der Waals surface area contributed by atoms with E-state index in [2.05, 4.69) is 0 Å². The van der Waals surface area contributed by atoms with E-state index in [4.69, 9.17) is 15.8 Å². The summed E-state index contributed by atoms with van der Waals surface area (Å²) in [6.07, 6.45) is 4.21. The minimum absolute atomic E-state index is 0.237. The first-order valence-corrected chi connectivity index (χ1v) is 6.84. The Morgan fingerprint density at radius 1 is 1.32 bits per heavy atom. The zero-order chi connectivity index (χ0) is 14.3. The third-order valence-electron chi connectivity index (χ3n) is 3.54. The number of hydrogen-bond donors (Lipinski definition) is 3. The predicted octanol–water partition coefficient (Wildman–Crippen LogP) is 2.12. The first kappa shape index (κ1) is 16.2. The molecule has 0 spiro atoms. The molecule has 1 aromatic rings. The number of nitrogens with two attached hydrogens (primary N) is 1. The summed E-state index contributed by atoms with van der Waals surface area (Å²) >= 11 is 0. The van der Waals surface area contributed by atoms with Crippen LogP contribution in [0.3, 0.4) is 0 Å². The van der Waals surface area contributed by atoms with Crippen LogP contribution in [0, 0.1) is 5.82 Å². The highest BCUT2D eigenvalue weighted by molar-refractivity contribution is 6.40. The van der Waals surface area contributed by atoms with Crippen molar-refractivity contribution in [2.24, 2.45) is 5.73 Å². The molecule has 0 saturated carbocycles. The molecule has 1 rings (SSSR count). The van der Waals surface area contributed by atoms with Crippen molar-refractivity contribution in [3.63, 3.8) is 0 Å². The standard InChI is InChI=1S/C14H23BFNO2/c1-2-14(17,8-3-4-9-15(18)19)11-12-6-5-7-13(16)10-12/h5-7,10,18-19H,2-4,8-9,11,17H2,1H3. The zero-order valence-electron chi connectivity index (χ0n) is 11.5. The van der Waals surface area contributed by atoms with Gasteiger partial charge in [0.1, 0.15) is 5.82 Å². The number of halogens is 1. The molecule has 0 fully saturated rings. The average Bonchev–Trinajstić information content (AvgIpc) is 2.34. The topological polar surface area (TPSA) is 66.5 Å². The van der Waals surface area contributed by atoms with E-state index in [1.165, 1.54) is 12.1 Å². The highest BCUT2D eigenvalue weighted by Gasteiger charge is 2.23. The molecular weight excluding hydrogens is 244 g/mol. The summed E-state index contributed by atoms with van der Waals surface area (Å²) in [5.74, 6) is -0.237. The fourth-order valence-corrected chi connectivity index (χ4v) is 2.25. The van der Waals surface area contributed by atoms with Crippen LogP contribution in [0.4, 0.5) is 4.39 Å². The second-order valence-electron chi connectivity index (χ2n) is 5.25. The smallest absolute Gasteiger partial charge is 0.427 e. The van der Waals surface area contributed by atoms with Crippen molar-refractivity contribution in [3.8, 4) is 0 Å². The third-order valence-corrected chi connectivity index (χ3v) is 3.54.